The average Bonchev–Trinajstić information content (AvgIpc) is 3.27. The van der Waals surface area contributed by atoms with Gasteiger partial charge in [0.1, 0.15) is 5.82 Å². The van der Waals surface area contributed by atoms with Gasteiger partial charge in [-0.3, -0.25) is 19.0 Å². The highest BCUT2D eigenvalue weighted by Gasteiger charge is 2.42. The third kappa shape index (κ3) is 5.18. The first-order valence-corrected chi connectivity index (χ1v) is 11.3. The number of hydrogen-bond donors (Lipinski definition) is 3. The van der Waals surface area contributed by atoms with Gasteiger partial charge in [-0.25, -0.2) is 4.39 Å². The highest BCUT2D eigenvalue weighted by atomic mass is 35.5. The summed E-state index contributed by atoms with van der Waals surface area (Å²) in [5, 5.41) is 9.13. The molecule has 1 aliphatic rings. The number of rotatable bonds is 6. The molecule has 1 saturated carbocycles. The van der Waals surface area contributed by atoms with Gasteiger partial charge < -0.3 is 16.0 Å². The SMILES string of the molecule is CNC1CC(C(=O)Nc2ccc(Cl)cc2)[C@@H](C(=O)Nc2ccc(-n3ccccc3=O)cc2F)C1. The van der Waals surface area contributed by atoms with Crippen molar-refractivity contribution in [1.29, 1.82) is 0 Å². The van der Waals surface area contributed by atoms with Crippen molar-refractivity contribution in [3.63, 3.8) is 0 Å². The second kappa shape index (κ2) is 10.2. The highest BCUT2D eigenvalue weighted by molar-refractivity contribution is 6.30. The molecule has 1 fully saturated rings. The summed E-state index contributed by atoms with van der Waals surface area (Å²) in [5.74, 6) is -2.61. The van der Waals surface area contributed by atoms with E-state index in [0.29, 0.717) is 29.2 Å². The second-order valence-corrected chi connectivity index (χ2v) is 8.66. The first-order valence-electron chi connectivity index (χ1n) is 10.9. The maximum atomic E-state index is 14.8. The Morgan fingerprint density at radius 3 is 2.26 bits per heavy atom. The normalized spacial score (nSPS) is 19.6. The Labute approximate surface area is 200 Å². The van der Waals surface area contributed by atoms with Crippen LogP contribution in [0.15, 0.2) is 71.7 Å². The number of hydrogen-bond acceptors (Lipinski definition) is 4. The Bertz CT molecular complexity index is 1260. The lowest BCUT2D eigenvalue weighted by Crippen LogP contribution is -2.33. The third-order valence-electron chi connectivity index (χ3n) is 6.07. The minimum atomic E-state index is -0.674. The number of carbonyl (C=O) groups is 2. The van der Waals surface area contributed by atoms with E-state index in [-0.39, 0.29) is 23.2 Å². The van der Waals surface area contributed by atoms with Gasteiger partial charge in [-0.05, 0) is 62.4 Å². The molecule has 4 rings (SSSR count). The van der Waals surface area contributed by atoms with Gasteiger partial charge in [0.05, 0.1) is 23.2 Å². The molecule has 3 atom stereocenters. The van der Waals surface area contributed by atoms with Crippen LogP contribution in [0, 0.1) is 17.7 Å². The van der Waals surface area contributed by atoms with Crippen LogP contribution in [-0.4, -0.2) is 29.5 Å². The number of anilines is 2. The maximum Gasteiger partial charge on any atom is 0.255 e. The molecule has 34 heavy (non-hydrogen) atoms. The van der Waals surface area contributed by atoms with Crippen molar-refractivity contribution in [3.8, 4) is 5.69 Å². The molecule has 176 valence electrons. The molecule has 1 heterocycles. The minimum Gasteiger partial charge on any atom is -0.326 e. The molecule has 1 aromatic heterocycles. The van der Waals surface area contributed by atoms with E-state index in [4.69, 9.17) is 11.6 Å². The largest absolute Gasteiger partial charge is 0.326 e. The van der Waals surface area contributed by atoms with Crippen molar-refractivity contribution in [2.24, 2.45) is 11.8 Å². The number of aromatic nitrogens is 1. The van der Waals surface area contributed by atoms with E-state index in [9.17, 15) is 18.8 Å². The molecule has 7 nitrogen and oxygen atoms in total. The van der Waals surface area contributed by atoms with Gasteiger partial charge in [-0.2, -0.15) is 0 Å². The predicted octanol–water partition coefficient (Wildman–Crippen LogP) is 3.82. The lowest BCUT2D eigenvalue weighted by atomic mass is 9.94. The molecular formula is C25H24ClFN4O3. The number of benzene rings is 2. The standard InChI is InChI=1S/C25H24ClFN4O3/c1-28-17-12-19(24(33)29-16-7-5-15(26)6-8-16)20(13-17)25(34)30-22-10-9-18(14-21(22)27)31-11-3-2-4-23(31)32/h2-11,14,17,19-20,28H,12-13H2,1H3,(H,29,33)(H,30,34)/t17?,19?,20-/m0/s1. The molecule has 2 unspecified atom stereocenters. The third-order valence-corrected chi connectivity index (χ3v) is 6.32. The van der Waals surface area contributed by atoms with E-state index in [2.05, 4.69) is 16.0 Å². The van der Waals surface area contributed by atoms with Crippen molar-refractivity contribution in [3.05, 3.63) is 88.1 Å². The summed E-state index contributed by atoms with van der Waals surface area (Å²) in [6, 6.07) is 15.5. The van der Waals surface area contributed by atoms with Gasteiger partial charge in [-0.15, -0.1) is 0 Å². The molecule has 2 aromatic carbocycles. The molecule has 2 amide bonds. The Kier molecular flexibility index (Phi) is 7.09. The molecular weight excluding hydrogens is 459 g/mol. The summed E-state index contributed by atoms with van der Waals surface area (Å²) in [4.78, 5) is 38.1. The molecule has 0 spiro atoms. The Morgan fingerprint density at radius 1 is 0.971 bits per heavy atom. The van der Waals surface area contributed by atoms with Crippen molar-refractivity contribution in [2.75, 3.05) is 17.7 Å². The number of amides is 2. The van der Waals surface area contributed by atoms with Crippen LogP contribution in [0.2, 0.25) is 5.02 Å². The van der Waals surface area contributed by atoms with Crippen LogP contribution in [0.3, 0.4) is 0 Å². The van der Waals surface area contributed by atoms with Crippen LogP contribution in [0.25, 0.3) is 5.69 Å². The molecule has 9 heteroatoms. The lowest BCUT2D eigenvalue weighted by Gasteiger charge is -2.19. The zero-order valence-electron chi connectivity index (χ0n) is 18.4. The van der Waals surface area contributed by atoms with Crippen LogP contribution in [-0.2, 0) is 9.59 Å². The van der Waals surface area contributed by atoms with Crippen LogP contribution in [0.5, 0.6) is 0 Å². The summed E-state index contributed by atoms with van der Waals surface area (Å²) in [6.07, 6.45) is 2.46. The van der Waals surface area contributed by atoms with Crippen molar-refractivity contribution in [1.82, 2.24) is 9.88 Å². The van der Waals surface area contributed by atoms with Gasteiger partial charge in [0, 0.05) is 35.1 Å². The Balaban J connectivity index is 1.50. The lowest BCUT2D eigenvalue weighted by molar-refractivity contribution is -0.128. The van der Waals surface area contributed by atoms with E-state index in [1.807, 2.05) is 0 Å². The zero-order valence-corrected chi connectivity index (χ0v) is 19.2. The van der Waals surface area contributed by atoms with E-state index in [1.54, 1.807) is 49.5 Å². The highest BCUT2D eigenvalue weighted by Crippen LogP contribution is 2.34. The monoisotopic (exact) mass is 482 g/mol. The number of nitrogens with one attached hydrogen (secondary N) is 3. The van der Waals surface area contributed by atoms with Crippen LogP contribution >= 0.6 is 11.6 Å². The molecule has 0 bridgehead atoms. The van der Waals surface area contributed by atoms with Gasteiger partial charge in [-0.1, -0.05) is 17.7 Å². The molecule has 0 aliphatic heterocycles. The first-order chi connectivity index (χ1) is 16.4. The van der Waals surface area contributed by atoms with Gasteiger partial charge in [0.15, 0.2) is 0 Å². The summed E-state index contributed by atoms with van der Waals surface area (Å²) in [6.45, 7) is 0. The van der Waals surface area contributed by atoms with Crippen molar-refractivity contribution >= 4 is 34.8 Å². The fourth-order valence-corrected chi connectivity index (χ4v) is 4.37. The molecule has 0 radical (unpaired) electrons. The maximum absolute atomic E-state index is 14.8. The quantitative estimate of drug-likeness (QED) is 0.498. The predicted molar refractivity (Wildman–Crippen MR) is 130 cm³/mol. The van der Waals surface area contributed by atoms with E-state index in [1.165, 1.54) is 29.0 Å². The topological polar surface area (TPSA) is 92.2 Å². The fourth-order valence-electron chi connectivity index (χ4n) is 4.24. The van der Waals surface area contributed by atoms with Gasteiger partial charge in [0.2, 0.25) is 11.8 Å². The summed E-state index contributed by atoms with van der Waals surface area (Å²) < 4.78 is 16.1. The molecule has 1 aliphatic carbocycles. The van der Waals surface area contributed by atoms with E-state index >= 15 is 0 Å². The van der Waals surface area contributed by atoms with Crippen LogP contribution in [0.4, 0.5) is 15.8 Å². The zero-order chi connectivity index (χ0) is 24.2. The summed E-state index contributed by atoms with van der Waals surface area (Å²) in [7, 11) is 1.78. The fraction of sp³-hybridized carbons (Fsp3) is 0.240. The van der Waals surface area contributed by atoms with Crippen LogP contribution in [0.1, 0.15) is 12.8 Å². The molecule has 0 saturated heterocycles. The van der Waals surface area contributed by atoms with Crippen molar-refractivity contribution < 1.29 is 14.0 Å². The van der Waals surface area contributed by atoms with Gasteiger partial charge >= 0.3 is 0 Å². The number of nitrogens with zero attached hydrogens (tertiary/aromatic N) is 1. The van der Waals surface area contributed by atoms with Crippen LogP contribution < -0.4 is 21.5 Å². The number of carbonyl (C=O) groups excluding carboxylic acids is 2. The number of halogens is 2. The van der Waals surface area contributed by atoms with E-state index in [0.717, 1.165) is 0 Å². The summed E-state index contributed by atoms with van der Waals surface area (Å²) in [5.41, 5.74) is 0.622. The van der Waals surface area contributed by atoms with Crippen molar-refractivity contribution in [2.45, 2.75) is 18.9 Å². The van der Waals surface area contributed by atoms with Gasteiger partial charge in [0.25, 0.3) is 5.56 Å². The smallest absolute Gasteiger partial charge is 0.255 e. The minimum absolute atomic E-state index is 0.0116. The summed E-state index contributed by atoms with van der Waals surface area (Å²) >= 11 is 5.90. The number of pyridine rings is 1. The Morgan fingerprint density at radius 2 is 1.65 bits per heavy atom. The second-order valence-electron chi connectivity index (χ2n) is 8.23. The molecule has 3 aromatic rings. The first kappa shape index (κ1) is 23.7. The Hall–Kier alpha value is -3.49. The molecule has 3 N–H and O–H groups in total. The van der Waals surface area contributed by atoms with E-state index < -0.39 is 23.6 Å². The average molecular weight is 483 g/mol.